The van der Waals surface area contributed by atoms with Crippen LogP contribution in [0.2, 0.25) is 0 Å². The quantitative estimate of drug-likeness (QED) is 0.647. The molecule has 0 amide bonds. The van der Waals surface area contributed by atoms with Crippen molar-refractivity contribution in [3.63, 3.8) is 0 Å². The fourth-order valence-electron chi connectivity index (χ4n) is 3.71. The number of hydrogen-bond donors (Lipinski definition) is 0. The normalized spacial score (nSPS) is 19.8. The van der Waals surface area contributed by atoms with Crippen LogP contribution in [-0.4, -0.2) is 19.7 Å². The van der Waals surface area contributed by atoms with Gasteiger partial charge in [-0.3, -0.25) is 0 Å². The van der Waals surface area contributed by atoms with Gasteiger partial charge in [0.05, 0.1) is 18.6 Å². The van der Waals surface area contributed by atoms with E-state index in [4.69, 9.17) is 9.15 Å². The summed E-state index contributed by atoms with van der Waals surface area (Å²) < 4.78 is 14.0. The minimum absolute atomic E-state index is 0.559. The minimum atomic E-state index is 0.559. The topological polar surface area (TPSA) is 25.4 Å². The molecule has 1 aliphatic heterocycles. The Balaban J connectivity index is 1.96. The standard InChI is InChI=1S/C22H24NO2/c1-16-7-5-6-14-23(16)20-15-22(17-10-12-18(24-2)13-11-17)25-21-9-4-3-8-19(20)21/h3-4,8-13,15-16H,5-7,14H2,1-2H3/q+1/t16-/m1/s1. The molecule has 1 atom stereocenters. The molecule has 0 radical (unpaired) electrons. The molecule has 1 aromatic heterocycles. The molecule has 0 bridgehead atoms. The highest BCUT2D eigenvalue weighted by Gasteiger charge is 2.22. The van der Waals surface area contributed by atoms with Gasteiger partial charge in [0.25, 0.3) is 0 Å². The van der Waals surface area contributed by atoms with Crippen molar-refractivity contribution in [2.24, 2.45) is 0 Å². The number of para-hydroxylation sites is 1. The maximum absolute atomic E-state index is 6.22. The lowest BCUT2D eigenvalue weighted by molar-refractivity contribution is 0.362. The molecule has 3 aromatic rings. The summed E-state index contributed by atoms with van der Waals surface area (Å²) in [4.78, 5) is 0. The molecule has 1 aliphatic rings. The van der Waals surface area contributed by atoms with Gasteiger partial charge in [0.1, 0.15) is 23.6 Å². The number of benzene rings is 2. The van der Waals surface area contributed by atoms with Crippen LogP contribution in [0.25, 0.3) is 22.3 Å². The summed E-state index contributed by atoms with van der Waals surface area (Å²) in [5.41, 5.74) is 2.00. The number of ether oxygens (including phenoxy) is 1. The number of piperidine rings is 1. The Hall–Kier alpha value is -2.55. The van der Waals surface area contributed by atoms with E-state index in [9.17, 15) is 0 Å². The van der Waals surface area contributed by atoms with Gasteiger partial charge in [0.15, 0.2) is 6.04 Å². The first-order valence-electron chi connectivity index (χ1n) is 9.03. The molecule has 0 saturated carbocycles. The first kappa shape index (κ1) is 15.9. The summed E-state index contributed by atoms with van der Waals surface area (Å²) in [7, 11) is 1.69. The first-order chi connectivity index (χ1) is 12.3. The molecule has 3 heteroatoms. The van der Waals surface area contributed by atoms with Crippen molar-refractivity contribution >= 4 is 11.0 Å². The van der Waals surface area contributed by atoms with Crippen molar-refractivity contribution < 1.29 is 9.15 Å². The number of nitrogens with zero attached hydrogens (tertiary/aromatic N) is 1. The van der Waals surface area contributed by atoms with E-state index < -0.39 is 0 Å². The molecule has 0 aliphatic carbocycles. The maximum atomic E-state index is 6.22. The van der Waals surface area contributed by atoms with Gasteiger partial charge in [0, 0.05) is 18.4 Å². The van der Waals surface area contributed by atoms with Crippen LogP contribution >= 0.6 is 0 Å². The number of rotatable bonds is 2. The Kier molecular flexibility index (Phi) is 4.31. The zero-order valence-corrected chi connectivity index (χ0v) is 14.9. The van der Waals surface area contributed by atoms with Gasteiger partial charge in [0.2, 0.25) is 5.36 Å². The van der Waals surface area contributed by atoms with Gasteiger partial charge in [-0.05, 0) is 49.7 Å². The first-order valence-corrected chi connectivity index (χ1v) is 9.03. The summed E-state index contributed by atoms with van der Waals surface area (Å²) in [5, 5.41) is 2.47. The second-order valence-electron chi connectivity index (χ2n) is 6.76. The number of methoxy groups -OCH3 is 1. The Labute approximate surface area is 148 Å². The van der Waals surface area contributed by atoms with Crippen LogP contribution in [0.3, 0.4) is 0 Å². The monoisotopic (exact) mass is 334 g/mol. The molecule has 128 valence electrons. The van der Waals surface area contributed by atoms with Crippen LogP contribution in [0.1, 0.15) is 26.2 Å². The Bertz CT molecular complexity index is 954. The third-order valence-electron chi connectivity index (χ3n) is 5.14. The third kappa shape index (κ3) is 3.07. The Morgan fingerprint density at radius 3 is 2.60 bits per heavy atom. The van der Waals surface area contributed by atoms with Gasteiger partial charge in [-0.25, -0.2) is 4.58 Å². The number of fused-ring (bicyclic) bond motifs is 1. The summed E-state index contributed by atoms with van der Waals surface area (Å²) in [6, 6.07) is 19.1. The van der Waals surface area contributed by atoms with Crippen LogP contribution in [0, 0.1) is 0 Å². The predicted molar refractivity (Wildman–Crippen MR) is 102 cm³/mol. The van der Waals surface area contributed by atoms with Crippen LogP contribution in [0.15, 0.2) is 59.0 Å². The van der Waals surface area contributed by atoms with Gasteiger partial charge < -0.3 is 9.15 Å². The molecule has 2 aromatic carbocycles. The highest BCUT2D eigenvalue weighted by atomic mass is 16.5. The van der Waals surface area contributed by atoms with Crippen LogP contribution in [-0.2, 0) is 0 Å². The molecule has 25 heavy (non-hydrogen) atoms. The molecular formula is C22H24NO2+. The Morgan fingerprint density at radius 2 is 1.84 bits per heavy atom. The van der Waals surface area contributed by atoms with Crippen molar-refractivity contribution in [2.45, 2.75) is 32.2 Å². The van der Waals surface area contributed by atoms with E-state index in [0.717, 1.165) is 29.2 Å². The van der Waals surface area contributed by atoms with Crippen molar-refractivity contribution in [1.29, 1.82) is 0 Å². The SMILES string of the molecule is COc1ccc(-c2cc(=[N+]3CCCC[C@H]3C)c3ccccc3o2)cc1. The highest BCUT2D eigenvalue weighted by Crippen LogP contribution is 2.24. The second-order valence-corrected chi connectivity index (χ2v) is 6.76. The van der Waals surface area contributed by atoms with E-state index in [1.807, 2.05) is 18.2 Å². The highest BCUT2D eigenvalue weighted by molar-refractivity contribution is 5.78. The Morgan fingerprint density at radius 1 is 1.04 bits per heavy atom. The van der Waals surface area contributed by atoms with E-state index in [-0.39, 0.29) is 0 Å². The average molecular weight is 334 g/mol. The van der Waals surface area contributed by atoms with Crippen LogP contribution in [0.5, 0.6) is 5.75 Å². The van der Waals surface area contributed by atoms with E-state index in [1.165, 1.54) is 30.0 Å². The van der Waals surface area contributed by atoms with Crippen molar-refractivity contribution in [3.05, 3.63) is 60.0 Å². The zero-order chi connectivity index (χ0) is 17.2. The lowest BCUT2D eigenvalue weighted by Gasteiger charge is -2.17. The fourth-order valence-corrected chi connectivity index (χ4v) is 3.71. The van der Waals surface area contributed by atoms with Crippen molar-refractivity contribution in [3.8, 4) is 17.1 Å². The molecule has 1 saturated heterocycles. The molecular weight excluding hydrogens is 310 g/mol. The molecule has 3 nitrogen and oxygen atoms in total. The molecule has 0 spiro atoms. The largest absolute Gasteiger partial charge is 0.497 e. The van der Waals surface area contributed by atoms with E-state index >= 15 is 0 Å². The molecule has 0 unspecified atom stereocenters. The van der Waals surface area contributed by atoms with E-state index in [0.29, 0.717) is 6.04 Å². The van der Waals surface area contributed by atoms with Crippen LogP contribution < -0.4 is 14.7 Å². The minimum Gasteiger partial charge on any atom is -0.497 e. The molecule has 1 fully saturated rings. The second kappa shape index (κ2) is 6.75. The zero-order valence-electron chi connectivity index (χ0n) is 14.9. The molecule has 0 N–H and O–H groups in total. The van der Waals surface area contributed by atoms with E-state index in [2.05, 4.69) is 47.9 Å². The lowest BCUT2D eigenvalue weighted by Crippen LogP contribution is -2.41. The predicted octanol–water partition coefficient (Wildman–Crippen LogP) is 4.45. The summed E-state index contributed by atoms with van der Waals surface area (Å²) in [6.45, 7) is 3.43. The van der Waals surface area contributed by atoms with Crippen molar-refractivity contribution in [2.75, 3.05) is 13.7 Å². The smallest absolute Gasteiger partial charge is 0.214 e. The van der Waals surface area contributed by atoms with Crippen LogP contribution in [0.4, 0.5) is 0 Å². The van der Waals surface area contributed by atoms with Gasteiger partial charge in [-0.1, -0.05) is 12.1 Å². The summed E-state index contributed by atoms with van der Waals surface area (Å²) >= 11 is 0. The fraction of sp³-hybridized carbons (Fsp3) is 0.318. The summed E-state index contributed by atoms with van der Waals surface area (Å²) in [6.07, 6.45) is 3.82. The average Bonchev–Trinajstić information content (AvgIpc) is 2.68. The summed E-state index contributed by atoms with van der Waals surface area (Å²) in [5.74, 6) is 1.75. The lowest BCUT2D eigenvalue weighted by atomic mass is 10.0. The van der Waals surface area contributed by atoms with Gasteiger partial charge >= 0.3 is 0 Å². The van der Waals surface area contributed by atoms with Gasteiger partial charge in [-0.15, -0.1) is 0 Å². The molecule has 2 heterocycles. The molecule has 4 rings (SSSR count). The number of hydrogen-bond acceptors (Lipinski definition) is 2. The van der Waals surface area contributed by atoms with E-state index in [1.54, 1.807) is 7.11 Å². The maximum Gasteiger partial charge on any atom is 0.214 e. The van der Waals surface area contributed by atoms with Crippen molar-refractivity contribution in [1.82, 2.24) is 4.58 Å². The third-order valence-corrected chi connectivity index (χ3v) is 5.14. The van der Waals surface area contributed by atoms with Gasteiger partial charge in [-0.2, -0.15) is 0 Å².